The molecule has 1 N–H and O–H groups in total. The van der Waals surface area contributed by atoms with E-state index in [1.54, 1.807) is 17.0 Å². The quantitative estimate of drug-likeness (QED) is 0.860. The Balaban J connectivity index is 1.82. The Hall–Kier alpha value is -1.66. The summed E-state index contributed by atoms with van der Waals surface area (Å²) in [6.07, 6.45) is 0.889. The van der Waals surface area contributed by atoms with E-state index in [4.69, 9.17) is 4.74 Å². The molecule has 6 heteroatoms. The zero-order chi connectivity index (χ0) is 16.8. The van der Waals surface area contributed by atoms with Gasteiger partial charge in [0.05, 0.1) is 6.61 Å². The van der Waals surface area contributed by atoms with Crippen LogP contribution in [-0.4, -0.2) is 66.2 Å². The molecule has 0 aromatic heterocycles. The van der Waals surface area contributed by atoms with Crippen LogP contribution < -0.4 is 4.74 Å². The first-order valence-corrected chi connectivity index (χ1v) is 8.06. The lowest BCUT2D eigenvalue weighted by molar-refractivity contribution is -0.135. The fraction of sp³-hybridized carbons (Fsp3) is 0.588. The summed E-state index contributed by atoms with van der Waals surface area (Å²) >= 11 is 0. The summed E-state index contributed by atoms with van der Waals surface area (Å²) in [5.74, 6) is -0.479. The molecule has 0 aliphatic carbocycles. The number of carbonyl (C=O) groups excluding carboxylic acids is 1. The number of benzene rings is 1. The molecule has 1 aliphatic rings. The van der Waals surface area contributed by atoms with E-state index in [-0.39, 0.29) is 30.9 Å². The smallest absolute Gasteiger partial charge is 0.260 e. The lowest BCUT2D eigenvalue weighted by atomic mass is 10.1. The van der Waals surface area contributed by atoms with Crippen LogP contribution in [0.4, 0.5) is 4.39 Å². The van der Waals surface area contributed by atoms with E-state index in [1.165, 1.54) is 6.07 Å². The zero-order valence-electron chi connectivity index (χ0n) is 13.8. The molecule has 1 heterocycles. The summed E-state index contributed by atoms with van der Waals surface area (Å²) in [6, 6.07) is 4.75. The third-order valence-electron chi connectivity index (χ3n) is 4.30. The molecule has 0 bridgehead atoms. The summed E-state index contributed by atoms with van der Waals surface area (Å²) in [5.41, 5.74) is 0.886. The van der Waals surface area contributed by atoms with Crippen LogP contribution in [0.1, 0.15) is 18.9 Å². The molecule has 1 aromatic carbocycles. The number of halogens is 1. The predicted octanol–water partition coefficient (Wildman–Crippen LogP) is 1.43. The van der Waals surface area contributed by atoms with Gasteiger partial charge < -0.3 is 14.7 Å². The fourth-order valence-electron chi connectivity index (χ4n) is 2.79. The topological polar surface area (TPSA) is 53.0 Å². The summed E-state index contributed by atoms with van der Waals surface area (Å²) < 4.78 is 18.9. The molecule has 5 nitrogen and oxygen atoms in total. The molecular weight excluding hydrogens is 299 g/mol. The molecule has 1 aliphatic heterocycles. The van der Waals surface area contributed by atoms with E-state index < -0.39 is 5.82 Å². The first-order chi connectivity index (χ1) is 11.0. The molecule has 23 heavy (non-hydrogen) atoms. The summed E-state index contributed by atoms with van der Waals surface area (Å²) in [7, 11) is 0. The third kappa shape index (κ3) is 4.65. The second-order valence-electron chi connectivity index (χ2n) is 5.88. The third-order valence-corrected chi connectivity index (χ3v) is 4.30. The number of amides is 1. The molecule has 1 fully saturated rings. The van der Waals surface area contributed by atoms with Crippen LogP contribution in [-0.2, 0) is 4.79 Å². The van der Waals surface area contributed by atoms with Crippen LogP contribution in [0.2, 0.25) is 0 Å². The van der Waals surface area contributed by atoms with Crippen molar-refractivity contribution >= 4 is 5.91 Å². The van der Waals surface area contributed by atoms with Gasteiger partial charge in [0.25, 0.3) is 5.91 Å². The van der Waals surface area contributed by atoms with Crippen LogP contribution in [0.3, 0.4) is 0 Å². The average Bonchev–Trinajstić information content (AvgIpc) is 2.57. The maximum Gasteiger partial charge on any atom is 0.260 e. The Bertz CT molecular complexity index is 527. The summed E-state index contributed by atoms with van der Waals surface area (Å²) in [4.78, 5) is 16.1. The Morgan fingerprint density at radius 1 is 1.35 bits per heavy atom. The number of rotatable bonds is 6. The minimum Gasteiger partial charge on any atom is -0.481 e. The maximum atomic E-state index is 13.6. The number of carbonyl (C=O) groups is 1. The maximum absolute atomic E-state index is 13.6. The van der Waals surface area contributed by atoms with Crippen LogP contribution in [0.25, 0.3) is 0 Å². The first-order valence-electron chi connectivity index (χ1n) is 8.06. The lowest BCUT2D eigenvalue weighted by Crippen LogP contribution is -2.53. The lowest BCUT2D eigenvalue weighted by Gasteiger charge is -2.38. The van der Waals surface area contributed by atoms with E-state index in [2.05, 4.69) is 4.90 Å². The van der Waals surface area contributed by atoms with Gasteiger partial charge in [-0.25, -0.2) is 4.39 Å². The standard InChI is InChI=1S/C17H25FN2O3/c1-3-14(11-21)19-6-8-20(9-7-19)17(22)12-23-16-10-13(2)4-5-15(16)18/h4-5,10,14,21H,3,6-9,11-12H2,1-2H3. The van der Waals surface area contributed by atoms with E-state index >= 15 is 0 Å². The van der Waals surface area contributed by atoms with E-state index in [0.29, 0.717) is 13.1 Å². The van der Waals surface area contributed by atoms with Crippen LogP contribution in [0.15, 0.2) is 18.2 Å². The molecule has 1 unspecified atom stereocenters. The highest BCUT2D eigenvalue weighted by Crippen LogP contribution is 2.18. The summed E-state index contributed by atoms with van der Waals surface area (Å²) in [5, 5.41) is 9.33. The molecule has 0 saturated carbocycles. The van der Waals surface area contributed by atoms with Crippen molar-refractivity contribution in [2.75, 3.05) is 39.4 Å². The highest BCUT2D eigenvalue weighted by Gasteiger charge is 2.25. The molecule has 0 radical (unpaired) electrons. The van der Waals surface area contributed by atoms with Crippen molar-refractivity contribution in [2.24, 2.45) is 0 Å². The van der Waals surface area contributed by atoms with Crippen LogP contribution in [0, 0.1) is 12.7 Å². The number of piperazine rings is 1. The molecule has 1 atom stereocenters. The number of ether oxygens (including phenoxy) is 1. The second-order valence-corrected chi connectivity index (χ2v) is 5.88. The first kappa shape index (κ1) is 17.7. The zero-order valence-corrected chi connectivity index (χ0v) is 13.8. The number of hydrogen-bond donors (Lipinski definition) is 1. The van der Waals surface area contributed by atoms with Crippen molar-refractivity contribution in [1.82, 2.24) is 9.80 Å². The molecule has 128 valence electrons. The largest absolute Gasteiger partial charge is 0.481 e. The van der Waals surface area contributed by atoms with Crippen molar-refractivity contribution in [1.29, 1.82) is 0 Å². The normalized spacial score (nSPS) is 17.1. The van der Waals surface area contributed by atoms with Gasteiger partial charge in [0.2, 0.25) is 0 Å². The Morgan fingerprint density at radius 2 is 2.04 bits per heavy atom. The molecular formula is C17H25FN2O3. The highest BCUT2D eigenvalue weighted by molar-refractivity contribution is 5.77. The van der Waals surface area contributed by atoms with Crippen molar-refractivity contribution in [3.8, 4) is 5.75 Å². The van der Waals surface area contributed by atoms with Gasteiger partial charge in [-0.1, -0.05) is 13.0 Å². The minimum absolute atomic E-state index is 0.114. The summed E-state index contributed by atoms with van der Waals surface area (Å²) in [6.45, 7) is 6.57. The number of aliphatic hydroxyl groups is 1. The second kappa shape index (κ2) is 8.26. The van der Waals surface area contributed by atoms with Crippen molar-refractivity contribution in [2.45, 2.75) is 26.3 Å². The molecule has 1 aromatic rings. The van der Waals surface area contributed by atoms with Gasteiger partial charge >= 0.3 is 0 Å². The van der Waals surface area contributed by atoms with Gasteiger partial charge in [0.1, 0.15) is 0 Å². The van der Waals surface area contributed by atoms with Gasteiger partial charge in [-0.05, 0) is 31.0 Å². The van der Waals surface area contributed by atoms with Crippen molar-refractivity contribution in [3.63, 3.8) is 0 Å². The average molecular weight is 324 g/mol. The van der Waals surface area contributed by atoms with E-state index in [0.717, 1.165) is 25.1 Å². The number of aryl methyl sites for hydroxylation is 1. The van der Waals surface area contributed by atoms with Gasteiger partial charge in [-0.2, -0.15) is 0 Å². The van der Waals surface area contributed by atoms with Gasteiger partial charge in [0.15, 0.2) is 18.2 Å². The molecule has 2 rings (SSSR count). The van der Waals surface area contributed by atoms with E-state index in [9.17, 15) is 14.3 Å². The Morgan fingerprint density at radius 3 is 2.65 bits per heavy atom. The minimum atomic E-state index is -0.457. The monoisotopic (exact) mass is 324 g/mol. The number of aliphatic hydroxyl groups excluding tert-OH is 1. The van der Waals surface area contributed by atoms with Gasteiger partial charge in [-0.15, -0.1) is 0 Å². The fourth-order valence-corrected chi connectivity index (χ4v) is 2.79. The van der Waals surface area contributed by atoms with Gasteiger partial charge in [-0.3, -0.25) is 9.69 Å². The molecule has 1 amide bonds. The van der Waals surface area contributed by atoms with Crippen molar-refractivity contribution < 1.29 is 19.0 Å². The van der Waals surface area contributed by atoms with Crippen molar-refractivity contribution in [3.05, 3.63) is 29.6 Å². The number of nitrogens with zero attached hydrogens (tertiary/aromatic N) is 2. The Kier molecular flexibility index (Phi) is 6.36. The van der Waals surface area contributed by atoms with Gasteiger partial charge in [0, 0.05) is 32.2 Å². The molecule has 1 saturated heterocycles. The predicted molar refractivity (Wildman–Crippen MR) is 85.9 cm³/mol. The van der Waals surface area contributed by atoms with Crippen LogP contribution in [0.5, 0.6) is 5.75 Å². The van der Waals surface area contributed by atoms with Crippen LogP contribution >= 0.6 is 0 Å². The van der Waals surface area contributed by atoms with E-state index in [1.807, 2.05) is 13.8 Å². The Labute approximate surface area is 136 Å². The SMILES string of the molecule is CCC(CO)N1CCN(C(=O)COc2cc(C)ccc2F)CC1. The molecule has 0 spiro atoms. The highest BCUT2D eigenvalue weighted by atomic mass is 19.1. The number of hydrogen-bond acceptors (Lipinski definition) is 4.